The van der Waals surface area contributed by atoms with Gasteiger partial charge in [0.15, 0.2) is 0 Å². The highest BCUT2D eigenvalue weighted by Crippen LogP contribution is 2.14. The van der Waals surface area contributed by atoms with Crippen molar-refractivity contribution in [3.8, 4) is 0 Å². The Morgan fingerprint density at radius 3 is 2.88 bits per heavy atom. The predicted molar refractivity (Wildman–Crippen MR) is 71.9 cm³/mol. The fraction of sp³-hybridized carbons (Fsp3) is 0.333. The molecule has 1 rings (SSSR count). The lowest BCUT2D eigenvalue weighted by molar-refractivity contribution is 0.534. The van der Waals surface area contributed by atoms with Crippen molar-refractivity contribution in [1.82, 2.24) is 4.90 Å². The molecule has 0 aromatic carbocycles. The van der Waals surface area contributed by atoms with Crippen LogP contribution in [-0.4, -0.2) is 11.9 Å². The summed E-state index contributed by atoms with van der Waals surface area (Å²) in [6.07, 6.45) is 19.3. The zero-order valence-electron chi connectivity index (χ0n) is 10.5. The largest absolute Gasteiger partial charge is 0.349 e. The quantitative estimate of drug-likeness (QED) is 0.638. The lowest BCUT2D eigenvalue weighted by Gasteiger charge is -2.21. The SMILES string of the molecule is C/C=C\C=C(/C)N(C)C1=C/CC/C=C/C=C\1. The average Bonchev–Trinajstić information content (AvgIpc) is 2.24. The van der Waals surface area contributed by atoms with Crippen LogP contribution in [0, 0.1) is 0 Å². The summed E-state index contributed by atoms with van der Waals surface area (Å²) < 4.78 is 0. The second-order valence-corrected chi connectivity index (χ2v) is 3.89. The molecule has 0 aromatic rings. The molecule has 0 unspecified atom stereocenters. The fourth-order valence-corrected chi connectivity index (χ4v) is 1.52. The Kier molecular flexibility index (Phi) is 5.41. The summed E-state index contributed by atoms with van der Waals surface area (Å²) >= 11 is 0. The molecular weight excluding hydrogens is 194 g/mol. The van der Waals surface area contributed by atoms with Gasteiger partial charge in [0.25, 0.3) is 0 Å². The van der Waals surface area contributed by atoms with E-state index >= 15 is 0 Å². The number of rotatable bonds is 3. The van der Waals surface area contributed by atoms with Gasteiger partial charge in [-0.25, -0.2) is 0 Å². The molecular formula is C15H21N. The van der Waals surface area contributed by atoms with Crippen LogP contribution in [-0.2, 0) is 0 Å². The first-order chi connectivity index (χ1) is 7.75. The maximum absolute atomic E-state index is 2.28. The second-order valence-electron chi connectivity index (χ2n) is 3.89. The molecule has 0 aliphatic heterocycles. The molecule has 86 valence electrons. The van der Waals surface area contributed by atoms with Crippen molar-refractivity contribution in [2.45, 2.75) is 26.7 Å². The van der Waals surface area contributed by atoms with Crippen molar-refractivity contribution in [3.63, 3.8) is 0 Å². The topological polar surface area (TPSA) is 3.24 Å². The molecule has 0 bridgehead atoms. The van der Waals surface area contributed by atoms with Crippen molar-refractivity contribution in [1.29, 1.82) is 0 Å². The summed E-state index contributed by atoms with van der Waals surface area (Å²) in [5.74, 6) is 0. The smallest absolute Gasteiger partial charge is 0.0365 e. The molecule has 0 heterocycles. The van der Waals surface area contributed by atoms with Gasteiger partial charge in [0, 0.05) is 18.4 Å². The number of hydrogen-bond donors (Lipinski definition) is 0. The normalized spacial score (nSPS) is 24.4. The number of allylic oxidation sites excluding steroid dienone is 9. The van der Waals surface area contributed by atoms with Gasteiger partial charge >= 0.3 is 0 Å². The Morgan fingerprint density at radius 2 is 2.12 bits per heavy atom. The molecule has 1 aliphatic carbocycles. The van der Waals surface area contributed by atoms with Crippen LogP contribution >= 0.6 is 0 Å². The van der Waals surface area contributed by atoms with Gasteiger partial charge in [0.1, 0.15) is 0 Å². The molecule has 1 aliphatic rings. The summed E-state index contributed by atoms with van der Waals surface area (Å²) in [6.45, 7) is 4.16. The van der Waals surface area contributed by atoms with E-state index in [1.54, 1.807) is 0 Å². The Bertz CT molecular complexity index is 354. The van der Waals surface area contributed by atoms with Gasteiger partial charge < -0.3 is 4.90 Å². The van der Waals surface area contributed by atoms with Gasteiger partial charge in [0.2, 0.25) is 0 Å². The van der Waals surface area contributed by atoms with Crippen LogP contribution < -0.4 is 0 Å². The first kappa shape index (κ1) is 12.6. The van der Waals surface area contributed by atoms with Gasteiger partial charge in [0.05, 0.1) is 0 Å². The van der Waals surface area contributed by atoms with Crippen molar-refractivity contribution in [2.24, 2.45) is 0 Å². The van der Waals surface area contributed by atoms with E-state index in [9.17, 15) is 0 Å². The molecule has 0 spiro atoms. The Morgan fingerprint density at radius 1 is 1.31 bits per heavy atom. The van der Waals surface area contributed by atoms with E-state index in [1.165, 1.54) is 11.4 Å². The van der Waals surface area contributed by atoms with Crippen LogP contribution in [0.15, 0.2) is 60.0 Å². The molecule has 0 aromatic heterocycles. The van der Waals surface area contributed by atoms with E-state index in [0.29, 0.717) is 0 Å². The molecule has 16 heavy (non-hydrogen) atoms. The number of likely N-dealkylation sites (N-methyl/N-ethyl adjacent to an activating group) is 1. The molecule has 0 atom stereocenters. The minimum atomic E-state index is 1.11. The third kappa shape index (κ3) is 3.93. The maximum Gasteiger partial charge on any atom is 0.0365 e. The van der Waals surface area contributed by atoms with Gasteiger partial charge in [-0.15, -0.1) is 0 Å². The highest BCUT2D eigenvalue weighted by molar-refractivity contribution is 5.27. The summed E-state index contributed by atoms with van der Waals surface area (Å²) in [5, 5.41) is 0. The average molecular weight is 215 g/mol. The first-order valence-corrected chi connectivity index (χ1v) is 5.82. The Labute approximate surface area is 99.2 Å². The summed E-state index contributed by atoms with van der Waals surface area (Å²) in [5.41, 5.74) is 2.51. The van der Waals surface area contributed by atoms with Crippen LogP contribution in [0.2, 0.25) is 0 Å². The van der Waals surface area contributed by atoms with E-state index < -0.39 is 0 Å². The Hall–Kier alpha value is -1.50. The third-order valence-corrected chi connectivity index (χ3v) is 2.65. The van der Waals surface area contributed by atoms with Crippen molar-refractivity contribution in [2.75, 3.05) is 7.05 Å². The standard InChI is InChI=1S/C15H21N/c1-4-5-11-14(2)16(3)15-12-9-7-6-8-10-13-15/h4-7,9,11-13H,8,10H2,1-3H3/b5-4-,7-6+,12-9-,14-11+,15-13+. The van der Waals surface area contributed by atoms with Crippen LogP contribution in [0.4, 0.5) is 0 Å². The van der Waals surface area contributed by atoms with Crippen molar-refractivity contribution < 1.29 is 0 Å². The molecule has 1 nitrogen and oxygen atoms in total. The zero-order valence-corrected chi connectivity index (χ0v) is 10.5. The van der Waals surface area contributed by atoms with Crippen LogP contribution in [0.3, 0.4) is 0 Å². The second kappa shape index (κ2) is 6.89. The lowest BCUT2D eigenvalue weighted by Crippen LogP contribution is -2.14. The highest BCUT2D eigenvalue weighted by atomic mass is 15.1. The molecule has 0 fully saturated rings. The molecule has 0 saturated carbocycles. The van der Waals surface area contributed by atoms with E-state index in [4.69, 9.17) is 0 Å². The molecule has 0 saturated heterocycles. The van der Waals surface area contributed by atoms with Crippen LogP contribution in [0.25, 0.3) is 0 Å². The zero-order chi connectivity index (χ0) is 11.8. The third-order valence-electron chi connectivity index (χ3n) is 2.65. The summed E-state index contributed by atoms with van der Waals surface area (Å²) in [4.78, 5) is 2.22. The lowest BCUT2D eigenvalue weighted by atomic mass is 10.2. The molecule has 0 radical (unpaired) electrons. The molecule has 0 amide bonds. The first-order valence-electron chi connectivity index (χ1n) is 5.82. The highest BCUT2D eigenvalue weighted by Gasteiger charge is 2.02. The van der Waals surface area contributed by atoms with Gasteiger partial charge in [-0.3, -0.25) is 0 Å². The molecule has 0 N–H and O–H groups in total. The predicted octanol–water partition coefficient (Wildman–Crippen LogP) is 4.19. The number of nitrogens with zero attached hydrogens (tertiary/aromatic N) is 1. The van der Waals surface area contributed by atoms with Gasteiger partial charge in [-0.05, 0) is 38.8 Å². The van der Waals surface area contributed by atoms with E-state index in [-0.39, 0.29) is 0 Å². The van der Waals surface area contributed by atoms with E-state index in [0.717, 1.165) is 12.8 Å². The Balaban J connectivity index is 2.79. The fourth-order valence-electron chi connectivity index (χ4n) is 1.52. The minimum absolute atomic E-state index is 1.11. The van der Waals surface area contributed by atoms with E-state index in [2.05, 4.69) is 61.4 Å². The van der Waals surface area contributed by atoms with Crippen LogP contribution in [0.5, 0.6) is 0 Å². The van der Waals surface area contributed by atoms with Crippen molar-refractivity contribution in [3.05, 3.63) is 60.0 Å². The van der Waals surface area contributed by atoms with Crippen molar-refractivity contribution >= 4 is 0 Å². The molecule has 1 heteroatoms. The van der Waals surface area contributed by atoms with Gasteiger partial charge in [-0.2, -0.15) is 0 Å². The monoisotopic (exact) mass is 215 g/mol. The number of hydrogen-bond acceptors (Lipinski definition) is 1. The minimum Gasteiger partial charge on any atom is -0.349 e. The van der Waals surface area contributed by atoms with Crippen LogP contribution in [0.1, 0.15) is 26.7 Å². The summed E-state index contributed by atoms with van der Waals surface area (Å²) in [6, 6.07) is 0. The maximum atomic E-state index is 2.28. The van der Waals surface area contributed by atoms with Gasteiger partial charge in [-0.1, -0.05) is 36.5 Å². The van der Waals surface area contributed by atoms with E-state index in [1.807, 2.05) is 13.0 Å². The summed E-state index contributed by atoms with van der Waals surface area (Å²) in [7, 11) is 2.11.